The van der Waals surface area contributed by atoms with E-state index in [1.54, 1.807) is 18.0 Å². The third-order valence-corrected chi connectivity index (χ3v) is 3.15. The summed E-state index contributed by atoms with van der Waals surface area (Å²) >= 11 is 1.70. The maximum Gasteiger partial charge on any atom is 0.274 e. The highest BCUT2D eigenvalue weighted by molar-refractivity contribution is 7.98. The Balaban J connectivity index is 2.24. The molecule has 1 rings (SSSR count). The predicted molar refractivity (Wildman–Crippen MR) is 80.3 cm³/mol. The van der Waals surface area contributed by atoms with Gasteiger partial charge in [0.15, 0.2) is 5.82 Å². The molecule has 0 aromatic carbocycles. The minimum atomic E-state index is -0.521. The van der Waals surface area contributed by atoms with Gasteiger partial charge < -0.3 is 10.6 Å². The minimum absolute atomic E-state index is 0.244. The lowest BCUT2D eigenvalue weighted by atomic mass is 10.4. The summed E-state index contributed by atoms with van der Waals surface area (Å²) in [6, 6.07) is 5.79. The number of thioether (sulfide) groups is 1. The lowest BCUT2D eigenvalue weighted by Crippen LogP contribution is -2.29. The summed E-state index contributed by atoms with van der Waals surface area (Å²) in [5.41, 5.74) is 1.02. The fraction of sp³-hybridized carbons (Fsp3) is 0.308. The van der Waals surface area contributed by atoms with E-state index in [0.717, 1.165) is 23.4 Å². The third kappa shape index (κ3) is 7.28. The average Bonchev–Trinajstić information content (AvgIpc) is 2.44. The van der Waals surface area contributed by atoms with E-state index < -0.39 is 4.92 Å². The molecule has 1 aromatic rings. The number of aromatic nitrogens is 1. The van der Waals surface area contributed by atoms with Gasteiger partial charge in [0.1, 0.15) is 0 Å². The van der Waals surface area contributed by atoms with Gasteiger partial charge in [-0.1, -0.05) is 12.0 Å². The molecule has 0 bridgehead atoms. The summed E-state index contributed by atoms with van der Waals surface area (Å²) in [5.74, 6) is 4.31. The molecule has 2 N–H and O–H groups in total. The first kappa shape index (κ1) is 15.9. The molecule has 1 aromatic heterocycles. The van der Waals surface area contributed by atoms with Crippen molar-refractivity contribution in [1.29, 1.82) is 0 Å². The molecule has 1 heterocycles. The predicted octanol–water partition coefficient (Wildman–Crippen LogP) is 1.20. The molecule has 0 aliphatic heterocycles. The molecule has 20 heavy (non-hydrogen) atoms. The molecule has 106 valence electrons. The Labute approximate surface area is 122 Å². The molecule has 0 radical (unpaired) electrons. The molecule has 0 spiro atoms. The molecule has 0 aliphatic rings. The zero-order valence-electron chi connectivity index (χ0n) is 10.9. The summed E-state index contributed by atoms with van der Waals surface area (Å²) in [7, 11) is 0. The van der Waals surface area contributed by atoms with Crippen molar-refractivity contribution in [3.8, 4) is 12.3 Å². The number of hydrogen-bond donors (Lipinski definition) is 2. The van der Waals surface area contributed by atoms with Crippen LogP contribution in [-0.4, -0.2) is 28.7 Å². The monoisotopic (exact) mass is 292 g/mol. The van der Waals surface area contributed by atoms with Crippen LogP contribution in [0.3, 0.4) is 0 Å². The number of nitrogens with one attached hydrogen (secondary N) is 2. The van der Waals surface area contributed by atoms with Gasteiger partial charge in [-0.15, -0.1) is 6.42 Å². The van der Waals surface area contributed by atoms with Crippen molar-refractivity contribution in [1.82, 2.24) is 15.6 Å². The molecule has 0 unspecified atom stereocenters. The molecule has 0 fully saturated rings. The van der Waals surface area contributed by atoms with E-state index in [4.69, 9.17) is 6.42 Å². The van der Waals surface area contributed by atoms with Crippen molar-refractivity contribution >= 4 is 11.8 Å². The Hall–Kier alpha value is -2.20. The Kier molecular flexibility index (Phi) is 7.69. The zero-order valence-corrected chi connectivity index (χ0v) is 11.7. The van der Waals surface area contributed by atoms with Crippen LogP contribution < -0.4 is 10.6 Å². The van der Waals surface area contributed by atoms with E-state index in [2.05, 4.69) is 21.5 Å². The van der Waals surface area contributed by atoms with Crippen LogP contribution in [0.4, 0.5) is 0 Å². The number of terminal acetylenes is 1. The second-order valence-electron chi connectivity index (χ2n) is 3.69. The number of nitrogens with zero attached hydrogens (tertiary/aromatic N) is 2. The van der Waals surface area contributed by atoms with Gasteiger partial charge in [0.25, 0.3) is 6.20 Å². The summed E-state index contributed by atoms with van der Waals surface area (Å²) in [5, 5.41) is 16.1. The largest absolute Gasteiger partial charge is 0.366 e. The summed E-state index contributed by atoms with van der Waals surface area (Å²) in [4.78, 5) is 14.1. The van der Waals surface area contributed by atoms with Gasteiger partial charge >= 0.3 is 0 Å². The normalized spacial score (nSPS) is 10.7. The van der Waals surface area contributed by atoms with E-state index in [1.165, 1.54) is 0 Å². The van der Waals surface area contributed by atoms with Gasteiger partial charge in [-0.25, -0.2) is 0 Å². The Morgan fingerprint density at radius 3 is 3.05 bits per heavy atom. The van der Waals surface area contributed by atoms with Crippen LogP contribution in [0.2, 0.25) is 0 Å². The van der Waals surface area contributed by atoms with Gasteiger partial charge in [-0.05, 0) is 12.1 Å². The van der Waals surface area contributed by atoms with Crippen molar-refractivity contribution < 1.29 is 4.92 Å². The molecule has 0 saturated heterocycles. The van der Waals surface area contributed by atoms with Crippen LogP contribution in [0.1, 0.15) is 5.69 Å². The van der Waals surface area contributed by atoms with Crippen molar-refractivity contribution in [3.63, 3.8) is 0 Å². The topological polar surface area (TPSA) is 80.1 Å². The molecular weight excluding hydrogens is 276 g/mol. The van der Waals surface area contributed by atoms with Gasteiger partial charge in [0.05, 0.1) is 17.2 Å². The lowest BCUT2D eigenvalue weighted by molar-refractivity contribution is -0.404. The summed E-state index contributed by atoms with van der Waals surface area (Å²) in [6.45, 7) is 0.850. The first-order valence-corrected chi connectivity index (χ1v) is 7.12. The van der Waals surface area contributed by atoms with Crippen LogP contribution in [0.5, 0.6) is 0 Å². The molecule has 0 aliphatic carbocycles. The molecule has 0 saturated carbocycles. The fourth-order valence-electron chi connectivity index (χ4n) is 1.32. The van der Waals surface area contributed by atoms with Crippen LogP contribution in [0, 0.1) is 22.5 Å². The Morgan fingerprint density at radius 1 is 1.55 bits per heavy atom. The van der Waals surface area contributed by atoms with Crippen molar-refractivity contribution in [2.75, 3.05) is 18.8 Å². The van der Waals surface area contributed by atoms with E-state index in [1.807, 2.05) is 18.2 Å². The van der Waals surface area contributed by atoms with Gasteiger partial charge in [-0.2, -0.15) is 11.8 Å². The highest BCUT2D eigenvalue weighted by atomic mass is 32.2. The van der Waals surface area contributed by atoms with Crippen LogP contribution >= 0.6 is 11.8 Å². The maximum absolute atomic E-state index is 10.4. The van der Waals surface area contributed by atoms with Gasteiger partial charge in [-0.3, -0.25) is 15.1 Å². The van der Waals surface area contributed by atoms with E-state index >= 15 is 0 Å². The number of hydrogen-bond acceptors (Lipinski definition) is 6. The maximum atomic E-state index is 10.4. The minimum Gasteiger partial charge on any atom is -0.366 e. The van der Waals surface area contributed by atoms with E-state index in [-0.39, 0.29) is 6.54 Å². The third-order valence-electron chi connectivity index (χ3n) is 2.15. The van der Waals surface area contributed by atoms with Crippen LogP contribution in [0.15, 0.2) is 36.4 Å². The Morgan fingerprint density at radius 2 is 2.40 bits per heavy atom. The molecule has 0 amide bonds. The van der Waals surface area contributed by atoms with Crippen molar-refractivity contribution in [2.24, 2.45) is 0 Å². The zero-order chi connectivity index (χ0) is 14.6. The van der Waals surface area contributed by atoms with Crippen LogP contribution in [0.25, 0.3) is 0 Å². The van der Waals surface area contributed by atoms with E-state index in [0.29, 0.717) is 12.4 Å². The number of rotatable bonds is 9. The second kappa shape index (κ2) is 9.69. The first-order valence-electron chi connectivity index (χ1n) is 5.96. The van der Waals surface area contributed by atoms with Gasteiger partial charge in [0.2, 0.25) is 0 Å². The molecule has 7 heteroatoms. The standard InChI is InChI=1S/C13H16N4O2S/c1-2-6-15-13(10-17(18)19)16-8-9-20-11-12-5-3-4-7-14-12/h1,3-5,7,10,15-16H,6,8-9,11H2/b13-10+. The first-order chi connectivity index (χ1) is 9.72. The SMILES string of the molecule is C#CCN/C(=C\[N+](=O)[O-])NCCSCc1ccccn1. The summed E-state index contributed by atoms with van der Waals surface area (Å²) in [6.07, 6.45) is 7.74. The summed E-state index contributed by atoms with van der Waals surface area (Å²) < 4.78 is 0. The quantitative estimate of drug-likeness (QED) is 0.308. The highest BCUT2D eigenvalue weighted by Gasteiger charge is 2.01. The van der Waals surface area contributed by atoms with Gasteiger partial charge in [0, 0.05) is 24.2 Å². The molecular formula is C13H16N4O2S. The van der Waals surface area contributed by atoms with Crippen molar-refractivity contribution in [2.45, 2.75) is 5.75 Å². The molecule has 0 atom stereocenters. The van der Waals surface area contributed by atoms with Crippen LogP contribution in [-0.2, 0) is 5.75 Å². The number of nitro groups is 1. The van der Waals surface area contributed by atoms with E-state index in [9.17, 15) is 10.1 Å². The lowest BCUT2D eigenvalue weighted by Gasteiger charge is -2.09. The number of pyridine rings is 1. The average molecular weight is 292 g/mol. The molecule has 6 nitrogen and oxygen atoms in total. The smallest absolute Gasteiger partial charge is 0.274 e. The fourth-order valence-corrected chi connectivity index (χ4v) is 2.09. The van der Waals surface area contributed by atoms with Crippen molar-refractivity contribution in [3.05, 3.63) is 52.2 Å². The Bertz CT molecular complexity index is 485. The highest BCUT2D eigenvalue weighted by Crippen LogP contribution is 2.08. The second-order valence-corrected chi connectivity index (χ2v) is 4.79.